The van der Waals surface area contributed by atoms with Crippen LogP contribution in [0.2, 0.25) is 0 Å². The molecule has 1 saturated heterocycles. The van der Waals surface area contributed by atoms with Crippen molar-refractivity contribution in [2.45, 2.75) is 58.0 Å². The molecule has 4 heteroatoms. The van der Waals surface area contributed by atoms with Gasteiger partial charge in [-0.2, -0.15) is 0 Å². The first-order valence-electron chi connectivity index (χ1n) is 8.71. The zero-order valence-corrected chi connectivity index (χ0v) is 13.8. The second-order valence-electron chi connectivity index (χ2n) is 8.11. The molecule has 0 spiro atoms. The summed E-state index contributed by atoms with van der Waals surface area (Å²) in [6.07, 6.45) is 5.57. The highest BCUT2D eigenvalue weighted by Crippen LogP contribution is 2.49. The summed E-state index contributed by atoms with van der Waals surface area (Å²) in [5.74, 6) is 2.76. The summed E-state index contributed by atoms with van der Waals surface area (Å²) in [6, 6.07) is 0.346. The molecule has 4 atom stereocenters. The monoisotopic (exact) mass is 293 g/mol. The van der Waals surface area contributed by atoms with Gasteiger partial charge in [0.05, 0.1) is 6.54 Å². The fraction of sp³-hybridized carbons (Fsp3) is 0.941. The Bertz CT molecular complexity index is 395. The lowest BCUT2D eigenvalue weighted by atomic mass is 9.84. The van der Waals surface area contributed by atoms with Crippen LogP contribution in [0.25, 0.3) is 0 Å². The maximum atomic E-state index is 12.4. The van der Waals surface area contributed by atoms with Gasteiger partial charge in [-0.1, -0.05) is 6.42 Å². The molecule has 2 bridgehead atoms. The molecule has 0 aromatic rings. The number of carbonyl (C=O) groups is 1. The Balaban J connectivity index is 1.49. The van der Waals surface area contributed by atoms with Crippen molar-refractivity contribution in [3.8, 4) is 0 Å². The van der Waals surface area contributed by atoms with Crippen LogP contribution in [0.1, 0.15) is 46.5 Å². The van der Waals surface area contributed by atoms with Crippen LogP contribution < -0.4 is 10.6 Å². The molecular weight excluding hydrogens is 262 g/mol. The molecule has 0 radical (unpaired) electrons. The van der Waals surface area contributed by atoms with Crippen molar-refractivity contribution in [2.75, 3.05) is 26.2 Å². The molecule has 1 heterocycles. The first-order chi connectivity index (χ1) is 9.95. The number of hydrogen-bond donors (Lipinski definition) is 2. The van der Waals surface area contributed by atoms with Crippen molar-refractivity contribution < 1.29 is 4.79 Å². The third-order valence-electron chi connectivity index (χ3n) is 6.13. The van der Waals surface area contributed by atoms with Crippen molar-refractivity contribution >= 4 is 5.91 Å². The average Bonchev–Trinajstić information content (AvgIpc) is 3.03. The Morgan fingerprint density at radius 1 is 1.38 bits per heavy atom. The predicted octanol–water partition coefficient (Wildman–Crippen LogP) is 1.61. The number of fused-ring (bicyclic) bond motifs is 2. The molecule has 3 rings (SSSR count). The topological polar surface area (TPSA) is 44.4 Å². The molecule has 1 aliphatic heterocycles. The summed E-state index contributed by atoms with van der Waals surface area (Å²) in [4.78, 5) is 14.7. The minimum atomic E-state index is 0.0747. The molecule has 0 aromatic heterocycles. The SMILES string of the molecule is CC(NC(=O)CN1CCNCC1(C)C)C1CC2CCC1C2. The van der Waals surface area contributed by atoms with Gasteiger partial charge < -0.3 is 10.6 Å². The van der Waals surface area contributed by atoms with Gasteiger partial charge in [0, 0.05) is 31.2 Å². The van der Waals surface area contributed by atoms with Crippen molar-refractivity contribution in [3.05, 3.63) is 0 Å². The highest BCUT2D eigenvalue weighted by atomic mass is 16.2. The zero-order valence-electron chi connectivity index (χ0n) is 13.8. The van der Waals surface area contributed by atoms with Gasteiger partial charge in [0.15, 0.2) is 0 Å². The first kappa shape index (κ1) is 15.3. The van der Waals surface area contributed by atoms with Gasteiger partial charge in [0.2, 0.25) is 5.91 Å². The number of amides is 1. The largest absolute Gasteiger partial charge is 0.352 e. The van der Waals surface area contributed by atoms with E-state index in [4.69, 9.17) is 0 Å². The van der Waals surface area contributed by atoms with E-state index in [-0.39, 0.29) is 11.4 Å². The highest BCUT2D eigenvalue weighted by Gasteiger charge is 2.42. The van der Waals surface area contributed by atoms with E-state index in [1.807, 2.05) is 0 Å². The number of rotatable bonds is 4. The Labute approximate surface area is 129 Å². The summed E-state index contributed by atoms with van der Waals surface area (Å²) in [5, 5.41) is 6.70. The van der Waals surface area contributed by atoms with E-state index in [0.29, 0.717) is 12.6 Å². The normalized spacial score (nSPS) is 36.6. The lowest BCUT2D eigenvalue weighted by molar-refractivity contribution is -0.125. The number of hydrogen-bond acceptors (Lipinski definition) is 3. The summed E-state index contributed by atoms with van der Waals surface area (Å²) in [7, 11) is 0. The minimum Gasteiger partial charge on any atom is -0.352 e. The standard InChI is InChI=1S/C17H31N3O/c1-12(15-9-13-4-5-14(15)8-13)19-16(21)10-20-7-6-18-11-17(20,2)3/h12-15,18H,4-11H2,1-3H3,(H,19,21). The molecule has 2 aliphatic carbocycles. The van der Waals surface area contributed by atoms with Crippen LogP contribution in [0.4, 0.5) is 0 Å². The Hall–Kier alpha value is -0.610. The molecule has 0 aromatic carbocycles. The predicted molar refractivity (Wildman–Crippen MR) is 85.1 cm³/mol. The molecular formula is C17H31N3O. The van der Waals surface area contributed by atoms with Crippen LogP contribution >= 0.6 is 0 Å². The third-order valence-corrected chi connectivity index (χ3v) is 6.13. The lowest BCUT2D eigenvalue weighted by Crippen LogP contribution is -2.60. The third kappa shape index (κ3) is 3.26. The maximum absolute atomic E-state index is 12.4. The van der Waals surface area contributed by atoms with Gasteiger partial charge in [-0.3, -0.25) is 9.69 Å². The molecule has 3 aliphatic rings. The van der Waals surface area contributed by atoms with Gasteiger partial charge in [0.1, 0.15) is 0 Å². The first-order valence-corrected chi connectivity index (χ1v) is 8.71. The van der Waals surface area contributed by atoms with E-state index < -0.39 is 0 Å². The van der Waals surface area contributed by atoms with Crippen LogP contribution in [-0.4, -0.2) is 48.6 Å². The quantitative estimate of drug-likeness (QED) is 0.828. The van der Waals surface area contributed by atoms with E-state index in [1.165, 1.54) is 25.7 Å². The van der Waals surface area contributed by atoms with Crippen molar-refractivity contribution in [1.29, 1.82) is 0 Å². The minimum absolute atomic E-state index is 0.0747. The van der Waals surface area contributed by atoms with Crippen molar-refractivity contribution in [3.63, 3.8) is 0 Å². The van der Waals surface area contributed by atoms with Gasteiger partial charge in [-0.25, -0.2) is 0 Å². The lowest BCUT2D eigenvalue weighted by Gasteiger charge is -2.42. The maximum Gasteiger partial charge on any atom is 0.234 e. The summed E-state index contributed by atoms with van der Waals surface area (Å²) in [5.41, 5.74) is 0.0747. The van der Waals surface area contributed by atoms with Gasteiger partial charge in [-0.15, -0.1) is 0 Å². The molecule has 2 saturated carbocycles. The average molecular weight is 293 g/mol. The Morgan fingerprint density at radius 3 is 2.81 bits per heavy atom. The van der Waals surface area contributed by atoms with Gasteiger partial charge in [0.25, 0.3) is 0 Å². The molecule has 4 nitrogen and oxygen atoms in total. The van der Waals surface area contributed by atoms with E-state index in [2.05, 4.69) is 36.3 Å². The molecule has 1 amide bonds. The van der Waals surface area contributed by atoms with Crippen LogP contribution in [0.15, 0.2) is 0 Å². The molecule has 3 fully saturated rings. The van der Waals surface area contributed by atoms with E-state index >= 15 is 0 Å². The van der Waals surface area contributed by atoms with Crippen LogP contribution in [0.3, 0.4) is 0 Å². The molecule has 120 valence electrons. The highest BCUT2D eigenvalue weighted by molar-refractivity contribution is 5.78. The van der Waals surface area contributed by atoms with Crippen molar-refractivity contribution in [1.82, 2.24) is 15.5 Å². The van der Waals surface area contributed by atoms with E-state index in [9.17, 15) is 4.79 Å². The number of nitrogens with one attached hydrogen (secondary N) is 2. The van der Waals surface area contributed by atoms with E-state index in [1.54, 1.807) is 0 Å². The van der Waals surface area contributed by atoms with Crippen molar-refractivity contribution in [2.24, 2.45) is 17.8 Å². The molecule has 4 unspecified atom stereocenters. The Kier molecular flexibility index (Phi) is 4.28. The Morgan fingerprint density at radius 2 is 2.19 bits per heavy atom. The zero-order chi connectivity index (χ0) is 15.0. The molecule has 2 N–H and O–H groups in total. The number of nitrogens with zero attached hydrogens (tertiary/aromatic N) is 1. The smallest absolute Gasteiger partial charge is 0.234 e. The van der Waals surface area contributed by atoms with Gasteiger partial charge >= 0.3 is 0 Å². The fourth-order valence-corrected chi connectivity index (χ4v) is 4.80. The van der Waals surface area contributed by atoms with Crippen LogP contribution in [0, 0.1) is 17.8 Å². The van der Waals surface area contributed by atoms with Gasteiger partial charge in [-0.05, 0) is 57.8 Å². The fourth-order valence-electron chi connectivity index (χ4n) is 4.80. The second-order valence-corrected chi connectivity index (χ2v) is 8.11. The summed E-state index contributed by atoms with van der Waals surface area (Å²) < 4.78 is 0. The van der Waals surface area contributed by atoms with E-state index in [0.717, 1.165) is 37.4 Å². The van der Waals surface area contributed by atoms with Crippen LogP contribution in [0.5, 0.6) is 0 Å². The van der Waals surface area contributed by atoms with Crippen LogP contribution in [-0.2, 0) is 4.79 Å². The summed E-state index contributed by atoms with van der Waals surface area (Å²) in [6.45, 7) is 10.1. The second kappa shape index (κ2) is 5.88. The number of carbonyl (C=O) groups excluding carboxylic acids is 1. The number of piperazine rings is 1. The molecule has 21 heavy (non-hydrogen) atoms. The summed E-state index contributed by atoms with van der Waals surface area (Å²) >= 11 is 0.